The number of hydrogen-bond acceptors (Lipinski definition) is 4. The highest BCUT2D eigenvalue weighted by molar-refractivity contribution is 7.98. The Hall–Kier alpha value is -2.45. The van der Waals surface area contributed by atoms with Crippen LogP contribution in [0, 0.1) is 11.3 Å². The Morgan fingerprint density at radius 3 is 2.71 bits per heavy atom. The molecular weight excluding hydrogens is 284 g/mol. The van der Waals surface area contributed by atoms with Crippen LogP contribution in [0.5, 0.6) is 5.75 Å². The number of thioether (sulfide) groups is 1. The highest BCUT2D eigenvalue weighted by Gasteiger charge is 2.04. The molecule has 0 aliphatic rings. The van der Waals surface area contributed by atoms with Crippen LogP contribution in [0.3, 0.4) is 0 Å². The number of carbonyl (C=O) groups excluding carboxylic acids is 1. The standard InChI is InChI=1S/C16H14N2O2S/c1-21-15-4-2-3-13(9-15)18-16(19)11-20-14-7-5-12(10-17)6-8-14/h2-9H,11H2,1H3,(H,18,19). The van der Waals surface area contributed by atoms with Crippen LogP contribution in [0.15, 0.2) is 53.4 Å². The van der Waals surface area contributed by atoms with Gasteiger partial charge in [-0.3, -0.25) is 4.79 Å². The minimum Gasteiger partial charge on any atom is -0.484 e. The Morgan fingerprint density at radius 2 is 2.05 bits per heavy atom. The average Bonchev–Trinajstić information content (AvgIpc) is 2.53. The van der Waals surface area contributed by atoms with Gasteiger partial charge in [0.05, 0.1) is 11.6 Å². The third-order valence-corrected chi connectivity index (χ3v) is 3.43. The summed E-state index contributed by atoms with van der Waals surface area (Å²) >= 11 is 1.61. The summed E-state index contributed by atoms with van der Waals surface area (Å²) in [6.07, 6.45) is 1.98. The van der Waals surface area contributed by atoms with Gasteiger partial charge in [0, 0.05) is 10.6 Å². The van der Waals surface area contributed by atoms with E-state index >= 15 is 0 Å². The topological polar surface area (TPSA) is 62.1 Å². The Labute approximate surface area is 127 Å². The SMILES string of the molecule is CSc1cccc(NC(=O)COc2ccc(C#N)cc2)c1. The van der Waals surface area contributed by atoms with Crippen LogP contribution in [-0.4, -0.2) is 18.8 Å². The number of carbonyl (C=O) groups is 1. The molecule has 0 aromatic heterocycles. The molecule has 0 saturated carbocycles. The second-order valence-electron chi connectivity index (χ2n) is 4.20. The maximum atomic E-state index is 11.8. The number of benzene rings is 2. The van der Waals surface area contributed by atoms with E-state index in [0.717, 1.165) is 10.6 Å². The molecule has 0 fully saturated rings. The number of amides is 1. The van der Waals surface area contributed by atoms with Gasteiger partial charge in [0.25, 0.3) is 5.91 Å². The van der Waals surface area contributed by atoms with Crippen LogP contribution in [0.1, 0.15) is 5.56 Å². The Bertz CT molecular complexity index is 663. The second-order valence-corrected chi connectivity index (χ2v) is 5.08. The van der Waals surface area contributed by atoms with E-state index < -0.39 is 0 Å². The van der Waals surface area contributed by atoms with E-state index in [2.05, 4.69) is 5.32 Å². The number of anilines is 1. The number of nitrogens with one attached hydrogen (secondary N) is 1. The van der Waals surface area contributed by atoms with Crippen LogP contribution in [-0.2, 0) is 4.79 Å². The van der Waals surface area contributed by atoms with Gasteiger partial charge in [0.15, 0.2) is 6.61 Å². The molecule has 0 unspecified atom stereocenters. The zero-order valence-electron chi connectivity index (χ0n) is 11.5. The van der Waals surface area contributed by atoms with Gasteiger partial charge >= 0.3 is 0 Å². The minimum atomic E-state index is -0.224. The van der Waals surface area contributed by atoms with Crippen LogP contribution in [0.2, 0.25) is 0 Å². The number of ether oxygens (including phenoxy) is 1. The molecule has 0 bridgehead atoms. The molecule has 0 saturated heterocycles. The number of nitriles is 1. The van der Waals surface area contributed by atoms with E-state index in [1.165, 1.54) is 0 Å². The summed E-state index contributed by atoms with van der Waals surface area (Å²) in [4.78, 5) is 12.9. The van der Waals surface area contributed by atoms with Gasteiger partial charge in [0.1, 0.15) is 5.75 Å². The maximum Gasteiger partial charge on any atom is 0.262 e. The zero-order chi connectivity index (χ0) is 15.1. The molecule has 4 nitrogen and oxygen atoms in total. The largest absolute Gasteiger partial charge is 0.484 e. The molecule has 21 heavy (non-hydrogen) atoms. The minimum absolute atomic E-state index is 0.0740. The Balaban J connectivity index is 1.88. The molecule has 5 heteroatoms. The van der Waals surface area contributed by atoms with E-state index in [-0.39, 0.29) is 12.5 Å². The first-order chi connectivity index (χ1) is 10.2. The van der Waals surface area contributed by atoms with Crippen molar-refractivity contribution in [3.63, 3.8) is 0 Å². The summed E-state index contributed by atoms with van der Waals surface area (Å²) in [7, 11) is 0. The van der Waals surface area contributed by atoms with E-state index in [9.17, 15) is 4.79 Å². The number of hydrogen-bond donors (Lipinski definition) is 1. The molecule has 1 amide bonds. The highest BCUT2D eigenvalue weighted by atomic mass is 32.2. The molecule has 0 aliphatic carbocycles. The lowest BCUT2D eigenvalue weighted by atomic mass is 10.2. The van der Waals surface area contributed by atoms with Crippen LogP contribution in [0.4, 0.5) is 5.69 Å². The molecule has 2 rings (SSSR count). The van der Waals surface area contributed by atoms with Crippen LogP contribution < -0.4 is 10.1 Å². The van der Waals surface area contributed by atoms with Gasteiger partial charge in [0.2, 0.25) is 0 Å². The molecule has 0 heterocycles. The quantitative estimate of drug-likeness (QED) is 0.860. The fraction of sp³-hybridized carbons (Fsp3) is 0.125. The van der Waals surface area contributed by atoms with Crippen molar-refractivity contribution in [3.05, 3.63) is 54.1 Å². The Morgan fingerprint density at radius 1 is 1.29 bits per heavy atom. The molecule has 2 aromatic carbocycles. The zero-order valence-corrected chi connectivity index (χ0v) is 12.3. The van der Waals surface area contributed by atoms with Gasteiger partial charge in [-0.1, -0.05) is 6.07 Å². The lowest BCUT2D eigenvalue weighted by Gasteiger charge is -2.08. The van der Waals surface area contributed by atoms with Gasteiger partial charge < -0.3 is 10.1 Å². The third-order valence-electron chi connectivity index (χ3n) is 2.71. The van der Waals surface area contributed by atoms with E-state index in [1.807, 2.05) is 36.6 Å². The normalized spacial score (nSPS) is 9.71. The van der Waals surface area contributed by atoms with Crippen molar-refractivity contribution in [2.24, 2.45) is 0 Å². The van der Waals surface area contributed by atoms with Crippen molar-refractivity contribution in [1.82, 2.24) is 0 Å². The molecule has 106 valence electrons. The Kier molecular flexibility index (Phi) is 5.24. The summed E-state index contributed by atoms with van der Waals surface area (Å²) in [5.74, 6) is 0.333. The predicted molar refractivity (Wildman–Crippen MR) is 83.5 cm³/mol. The van der Waals surface area contributed by atoms with Crippen molar-refractivity contribution in [1.29, 1.82) is 5.26 Å². The van der Waals surface area contributed by atoms with Gasteiger partial charge in [-0.2, -0.15) is 5.26 Å². The molecule has 0 atom stereocenters. The summed E-state index contributed by atoms with van der Waals surface area (Å²) in [6.45, 7) is -0.0740. The van der Waals surface area contributed by atoms with E-state index in [1.54, 1.807) is 36.0 Å². The van der Waals surface area contributed by atoms with Crippen molar-refractivity contribution >= 4 is 23.4 Å². The van der Waals surface area contributed by atoms with Gasteiger partial charge in [-0.05, 0) is 48.7 Å². The smallest absolute Gasteiger partial charge is 0.262 e. The highest BCUT2D eigenvalue weighted by Crippen LogP contribution is 2.19. The molecule has 0 aliphatic heterocycles. The second kappa shape index (κ2) is 7.36. The summed E-state index contributed by atoms with van der Waals surface area (Å²) in [5.41, 5.74) is 1.30. The van der Waals surface area contributed by atoms with Crippen molar-refractivity contribution in [3.8, 4) is 11.8 Å². The average molecular weight is 298 g/mol. The van der Waals surface area contributed by atoms with Crippen molar-refractivity contribution in [2.45, 2.75) is 4.90 Å². The molecular formula is C16H14N2O2S. The lowest BCUT2D eigenvalue weighted by molar-refractivity contribution is -0.118. The number of nitrogens with zero attached hydrogens (tertiary/aromatic N) is 1. The first kappa shape index (κ1) is 14.9. The summed E-state index contributed by atoms with van der Waals surface area (Å²) in [5, 5.41) is 11.5. The fourth-order valence-electron chi connectivity index (χ4n) is 1.67. The predicted octanol–water partition coefficient (Wildman–Crippen LogP) is 3.30. The first-order valence-corrected chi connectivity index (χ1v) is 7.50. The van der Waals surface area contributed by atoms with E-state index in [0.29, 0.717) is 11.3 Å². The first-order valence-electron chi connectivity index (χ1n) is 6.28. The molecule has 0 spiro atoms. The monoisotopic (exact) mass is 298 g/mol. The van der Waals surface area contributed by atoms with Crippen LogP contribution in [0.25, 0.3) is 0 Å². The summed E-state index contributed by atoms with van der Waals surface area (Å²) < 4.78 is 5.37. The third kappa shape index (κ3) is 4.55. The van der Waals surface area contributed by atoms with Crippen LogP contribution >= 0.6 is 11.8 Å². The maximum absolute atomic E-state index is 11.8. The lowest BCUT2D eigenvalue weighted by Crippen LogP contribution is -2.20. The summed E-state index contributed by atoms with van der Waals surface area (Å²) in [6, 6.07) is 16.3. The van der Waals surface area contributed by atoms with E-state index in [4.69, 9.17) is 10.00 Å². The van der Waals surface area contributed by atoms with Crippen molar-refractivity contribution < 1.29 is 9.53 Å². The molecule has 0 radical (unpaired) electrons. The molecule has 1 N–H and O–H groups in total. The molecule has 2 aromatic rings. The fourth-order valence-corrected chi connectivity index (χ4v) is 2.13. The van der Waals surface area contributed by atoms with Gasteiger partial charge in [-0.25, -0.2) is 0 Å². The number of rotatable bonds is 5. The van der Waals surface area contributed by atoms with Crippen molar-refractivity contribution in [2.75, 3.05) is 18.2 Å². The van der Waals surface area contributed by atoms with Gasteiger partial charge in [-0.15, -0.1) is 11.8 Å².